The van der Waals surface area contributed by atoms with Gasteiger partial charge in [0.25, 0.3) is 0 Å². The first kappa shape index (κ1) is 16.1. The first-order valence-electron chi connectivity index (χ1n) is 7.98. The molecule has 6 nitrogen and oxygen atoms in total. The molecule has 120 valence electrons. The van der Waals surface area contributed by atoms with Gasteiger partial charge in [0.2, 0.25) is 5.91 Å². The van der Waals surface area contributed by atoms with Crippen LogP contribution in [0.3, 0.4) is 0 Å². The van der Waals surface area contributed by atoms with Crippen LogP contribution in [0.25, 0.3) is 0 Å². The summed E-state index contributed by atoms with van der Waals surface area (Å²) in [7, 11) is 2.13. The summed E-state index contributed by atoms with van der Waals surface area (Å²) in [6.07, 6.45) is 2.63. The number of hydrogen-bond donors (Lipinski definition) is 0. The molecular weight excluding hydrogens is 270 g/mol. The summed E-state index contributed by atoms with van der Waals surface area (Å²) in [6, 6.07) is 0. The van der Waals surface area contributed by atoms with Crippen molar-refractivity contribution in [3.05, 3.63) is 0 Å². The number of carbonyl (C=O) groups is 2. The Kier molecular flexibility index (Phi) is 5.85. The van der Waals surface area contributed by atoms with E-state index in [2.05, 4.69) is 11.9 Å². The van der Waals surface area contributed by atoms with Crippen molar-refractivity contribution >= 4 is 12.0 Å². The number of rotatable bonds is 3. The molecule has 2 saturated heterocycles. The first-order chi connectivity index (χ1) is 10.1. The van der Waals surface area contributed by atoms with Crippen molar-refractivity contribution in [2.24, 2.45) is 5.92 Å². The van der Waals surface area contributed by atoms with Crippen molar-refractivity contribution in [2.75, 3.05) is 52.9 Å². The average Bonchev–Trinajstić information content (AvgIpc) is 2.50. The zero-order valence-electron chi connectivity index (χ0n) is 13.2. The maximum absolute atomic E-state index is 12.3. The van der Waals surface area contributed by atoms with E-state index in [-0.39, 0.29) is 12.0 Å². The van der Waals surface area contributed by atoms with Crippen LogP contribution < -0.4 is 0 Å². The van der Waals surface area contributed by atoms with Gasteiger partial charge in [-0.05, 0) is 45.8 Å². The number of piperazine rings is 1. The third-order valence-corrected chi connectivity index (χ3v) is 4.46. The van der Waals surface area contributed by atoms with Gasteiger partial charge < -0.3 is 19.4 Å². The number of hydrogen-bond acceptors (Lipinski definition) is 4. The molecule has 0 aliphatic carbocycles. The SMILES string of the molecule is CCOC(=O)N1CCN(C(=O)CC2CCN(C)CC2)CC1. The Balaban J connectivity index is 1.71. The van der Waals surface area contributed by atoms with E-state index in [4.69, 9.17) is 4.74 Å². The number of likely N-dealkylation sites (tertiary alicyclic amines) is 1. The van der Waals surface area contributed by atoms with Crippen LogP contribution in [0.4, 0.5) is 4.79 Å². The van der Waals surface area contributed by atoms with Crippen LogP contribution in [0.2, 0.25) is 0 Å². The van der Waals surface area contributed by atoms with Gasteiger partial charge in [0.15, 0.2) is 0 Å². The Hall–Kier alpha value is -1.30. The third kappa shape index (κ3) is 4.59. The van der Waals surface area contributed by atoms with E-state index < -0.39 is 0 Å². The summed E-state index contributed by atoms with van der Waals surface area (Å²) >= 11 is 0. The molecule has 6 heteroatoms. The smallest absolute Gasteiger partial charge is 0.409 e. The number of piperidine rings is 1. The summed E-state index contributed by atoms with van der Waals surface area (Å²) < 4.78 is 4.99. The number of nitrogens with zero attached hydrogens (tertiary/aromatic N) is 3. The lowest BCUT2D eigenvalue weighted by Gasteiger charge is -2.35. The van der Waals surface area contributed by atoms with Crippen molar-refractivity contribution in [3.8, 4) is 0 Å². The van der Waals surface area contributed by atoms with E-state index in [0.717, 1.165) is 25.9 Å². The lowest BCUT2D eigenvalue weighted by atomic mass is 9.93. The molecule has 0 atom stereocenters. The van der Waals surface area contributed by atoms with Crippen LogP contribution >= 0.6 is 0 Å². The van der Waals surface area contributed by atoms with Crippen molar-refractivity contribution in [3.63, 3.8) is 0 Å². The largest absolute Gasteiger partial charge is 0.450 e. The van der Waals surface area contributed by atoms with Crippen molar-refractivity contribution < 1.29 is 14.3 Å². The standard InChI is InChI=1S/C15H27N3O3/c1-3-21-15(20)18-10-8-17(9-11-18)14(19)12-13-4-6-16(2)7-5-13/h13H,3-12H2,1-2H3. The molecule has 21 heavy (non-hydrogen) atoms. The van der Waals surface area contributed by atoms with E-state index >= 15 is 0 Å². The second-order valence-electron chi connectivity index (χ2n) is 6.02. The molecule has 2 aliphatic rings. The Morgan fingerprint density at radius 2 is 1.57 bits per heavy atom. The Morgan fingerprint density at radius 1 is 1.00 bits per heavy atom. The molecule has 2 rings (SSSR count). The highest BCUT2D eigenvalue weighted by Crippen LogP contribution is 2.21. The quantitative estimate of drug-likeness (QED) is 0.780. The summed E-state index contributed by atoms with van der Waals surface area (Å²) in [4.78, 5) is 29.8. The second-order valence-corrected chi connectivity index (χ2v) is 6.02. The predicted octanol–water partition coefficient (Wildman–Crippen LogP) is 1.02. The Labute approximate surface area is 127 Å². The highest BCUT2D eigenvalue weighted by atomic mass is 16.6. The topological polar surface area (TPSA) is 53.1 Å². The fourth-order valence-electron chi connectivity index (χ4n) is 3.00. The zero-order valence-corrected chi connectivity index (χ0v) is 13.2. The Morgan fingerprint density at radius 3 is 2.14 bits per heavy atom. The van der Waals surface area contributed by atoms with Crippen LogP contribution in [0, 0.1) is 5.92 Å². The fourth-order valence-corrected chi connectivity index (χ4v) is 3.00. The summed E-state index contributed by atoms with van der Waals surface area (Å²) in [5.41, 5.74) is 0. The minimum Gasteiger partial charge on any atom is -0.450 e. The Bertz CT molecular complexity index is 359. The highest BCUT2D eigenvalue weighted by molar-refractivity contribution is 5.77. The first-order valence-corrected chi connectivity index (χ1v) is 7.98. The van der Waals surface area contributed by atoms with Crippen LogP contribution in [-0.2, 0) is 9.53 Å². The predicted molar refractivity (Wildman–Crippen MR) is 80.0 cm³/mol. The van der Waals surface area contributed by atoms with Gasteiger partial charge in [-0.1, -0.05) is 0 Å². The summed E-state index contributed by atoms with van der Waals surface area (Å²) in [5.74, 6) is 0.768. The zero-order chi connectivity index (χ0) is 15.2. The minimum absolute atomic E-state index is 0.244. The van der Waals surface area contributed by atoms with Gasteiger partial charge in [0, 0.05) is 32.6 Å². The molecule has 0 spiro atoms. The summed E-state index contributed by atoms with van der Waals surface area (Å²) in [5, 5.41) is 0. The van der Waals surface area contributed by atoms with Gasteiger partial charge in [-0.25, -0.2) is 4.79 Å². The fraction of sp³-hybridized carbons (Fsp3) is 0.867. The van der Waals surface area contributed by atoms with E-state index in [0.29, 0.717) is 45.1 Å². The monoisotopic (exact) mass is 297 g/mol. The lowest BCUT2D eigenvalue weighted by molar-refractivity contribution is -0.134. The van der Waals surface area contributed by atoms with Crippen LogP contribution in [-0.4, -0.2) is 79.6 Å². The van der Waals surface area contributed by atoms with Gasteiger partial charge >= 0.3 is 6.09 Å². The molecule has 0 saturated carbocycles. The molecule has 0 aromatic carbocycles. The third-order valence-electron chi connectivity index (χ3n) is 4.46. The van der Waals surface area contributed by atoms with Gasteiger partial charge in [-0.3, -0.25) is 4.79 Å². The molecule has 0 unspecified atom stereocenters. The average molecular weight is 297 g/mol. The van der Waals surface area contributed by atoms with Gasteiger partial charge in [0.1, 0.15) is 0 Å². The highest BCUT2D eigenvalue weighted by Gasteiger charge is 2.27. The molecule has 2 heterocycles. The van der Waals surface area contributed by atoms with Crippen LogP contribution in [0.15, 0.2) is 0 Å². The molecule has 2 aliphatic heterocycles. The van der Waals surface area contributed by atoms with E-state index in [9.17, 15) is 9.59 Å². The maximum atomic E-state index is 12.3. The van der Waals surface area contributed by atoms with Gasteiger partial charge in [-0.15, -0.1) is 0 Å². The van der Waals surface area contributed by atoms with Crippen molar-refractivity contribution in [1.82, 2.24) is 14.7 Å². The molecule has 2 fully saturated rings. The molecular formula is C15H27N3O3. The number of carbonyl (C=O) groups excluding carboxylic acids is 2. The minimum atomic E-state index is -0.264. The van der Waals surface area contributed by atoms with Crippen LogP contribution in [0.1, 0.15) is 26.2 Å². The number of amides is 2. The molecule has 0 radical (unpaired) electrons. The lowest BCUT2D eigenvalue weighted by Crippen LogP contribution is -2.51. The van der Waals surface area contributed by atoms with Gasteiger partial charge in [-0.2, -0.15) is 0 Å². The van der Waals surface area contributed by atoms with Gasteiger partial charge in [0.05, 0.1) is 6.61 Å². The van der Waals surface area contributed by atoms with E-state index in [1.807, 2.05) is 4.90 Å². The number of ether oxygens (including phenoxy) is 1. The molecule has 2 amide bonds. The second kappa shape index (κ2) is 7.64. The van der Waals surface area contributed by atoms with Crippen molar-refractivity contribution in [2.45, 2.75) is 26.2 Å². The molecule has 0 aromatic rings. The van der Waals surface area contributed by atoms with E-state index in [1.165, 1.54) is 0 Å². The molecule has 0 bridgehead atoms. The van der Waals surface area contributed by atoms with Crippen LogP contribution in [0.5, 0.6) is 0 Å². The summed E-state index contributed by atoms with van der Waals surface area (Å²) in [6.45, 7) is 6.81. The van der Waals surface area contributed by atoms with Crippen molar-refractivity contribution in [1.29, 1.82) is 0 Å². The molecule has 0 N–H and O–H groups in total. The maximum Gasteiger partial charge on any atom is 0.409 e. The van der Waals surface area contributed by atoms with E-state index in [1.54, 1.807) is 11.8 Å². The normalized spacial score (nSPS) is 21.4. The molecule has 0 aromatic heterocycles.